The van der Waals surface area contributed by atoms with Crippen molar-refractivity contribution >= 4 is 26.7 Å². The number of halogens is 1. The summed E-state index contributed by atoms with van der Waals surface area (Å²) in [6, 6.07) is 7.40. The molecule has 2 aromatic rings. The molecule has 0 saturated carbocycles. The predicted octanol–water partition coefficient (Wildman–Crippen LogP) is 3.14. The summed E-state index contributed by atoms with van der Waals surface area (Å²) in [7, 11) is 0. The van der Waals surface area contributed by atoms with Crippen molar-refractivity contribution < 1.29 is 5.11 Å². The van der Waals surface area contributed by atoms with Gasteiger partial charge in [-0.15, -0.1) is 0 Å². The molecule has 0 aliphatic carbocycles. The molecule has 1 aromatic carbocycles. The van der Waals surface area contributed by atoms with E-state index in [0.717, 1.165) is 9.86 Å². The zero-order valence-corrected chi connectivity index (χ0v) is 7.71. The maximum Gasteiger partial charge on any atom is 0.277 e. The fourth-order valence-electron chi connectivity index (χ4n) is 1.11. The monoisotopic (exact) mass is 222 g/mol. The zero-order valence-electron chi connectivity index (χ0n) is 6.12. The second kappa shape index (κ2) is 2.75. The summed E-state index contributed by atoms with van der Waals surface area (Å²) in [6.07, 6.45) is 1.53. The largest absolute Gasteiger partial charge is 0.277 e. The van der Waals surface area contributed by atoms with Gasteiger partial charge in [-0.05, 0) is 23.6 Å². The van der Waals surface area contributed by atoms with Crippen molar-refractivity contribution in [3.8, 4) is 5.88 Å². The first kappa shape index (κ1) is 7.55. The van der Waals surface area contributed by atoms with Crippen molar-refractivity contribution in [3.05, 3.63) is 34.9 Å². The number of nitrogens with zero attached hydrogens (tertiary/aromatic N) is 1. The summed E-state index contributed by atoms with van der Waals surface area (Å²) in [4.78, 5) is 3.67. The molecule has 0 bridgehead atoms. The quantitative estimate of drug-likeness (QED) is 0.675. The van der Waals surface area contributed by atoms with Crippen molar-refractivity contribution in [1.82, 2.24) is 4.98 Å². The number of pyridine rings is 1. The van der Waals surface area contributed by atoms with Gasteiger partial charge in [0.15, 0.2) is 0 Å². The van der Waals surface area contributed by atoms with E-state index in [-0.39, 0.29) is 5.88 Å². The average molecular weight is 223 g/mol. The smallest absolute Gasteiger partial charge is 0.267 e. The molecule has 1 radical (unpaired) electrons. The van der Waals surface area contributed by atoms with Crippen LogP contribution < -0.4 is 0 Å². The maximum atomic E-state index is 11.2. The molecule has 0 fully saturated rings. The minimum Gasteiger partial charge on any atom is -0.267 e. The van der Waals surface area contributed by atoms with Gasteiger partial charge in [-0.25, -0.2) is 4.98 Å². The van der Waals surface area contributed by atoms with E-state index in [1.165, 1.54) is 6.20 Å². The fraction of sp³-hybridized carbons (Fsp3) is 0. The topological polar surface area (TPSA) is 32.8 Å². The maximum absolute atomic E-state index is 11.2. The van der Waals surface area contributed by atoms with E-state index in [0.29, 0.717) is 5.39 Å². The van der Waals surface area contributed by atoms with Gasteiger partial charge in [0.05, 0.1) is 5.39 Å². The first-order valence-electron chi connectivity index (χ1n) is 3.48. The molecule has 12 heavy (non-hydrogen) atoms. The van der Waals surface area contributed by atoms with Crippen LogP contribution in [-0.2, 0) is 5.11 Å². The highest BCUT2D eigenvalue weighted by Gasteiger charge is 2.01. The summed E-state index contributed by atoms with van der Waals surface area (Å²) in [6.45, 7) is 0. The first-order valence-corrected chi connectivity index (χ1v) is 4.28. The van der Waals surface area contributed by atoms with E-state index in [1.54, 1.807) is 6.07 Å². The lowest BCUT2D eigenvalue weighted by atomic mass is 10.2. The minimum absolute atomic E-state index is 0.172. The number of hydrogen-bond acceptors (Lipinski definition) is 1. The Morgan fingerprint density at radius 3 is 2.92 bits per heavy atom. The van der Waals surface area contributed by atoms with Gasteiger partial charge in [-0.2, -0.15) is 0 Å². The van der Waals surface area contributed by atoms with E-state index in [9.17, 15) is 5.11 Å². The number of fused-ring (bicyclic) bond motifs is 1. The number of aromatic nitrogens is 1. The molecule has 59 valence electrons. The molecule has 0 aliphatic rings. The van der Waals surface area contributed by atoms with E-state index < -0.39 is 0 Å². The molecule has 0 spiro atoms. The van der Waals surface area contributed by atoms with E-state index in [1.807, 2.05) is 18.2 Å². The molecular weight excluding hydrogens is 218 g/mol. The zero-order chi connectivity index (χ0) is 8.55. The summed E-state index contributed by atoms with van der Waals surface area (Å²) in [5.41, 5.74) is 0. The van der Waals surface area contributed by atoms with Crippen molar-refractivity contribution in [2.45, 2.75) is 0 Å². The van der Waals surface area contributed by atoms with Crippen LogP contribution in [0.5, 0.6) is 5.88 Å². The van der Waals surface area contributed by atoms with Crippen LogP contribution in [0.2, 0.25) is 0 Å². The van der Waals surface area contributed by atoms with Gasteiger partial charge in [-0.3, -0.25) is 5.11 Å². The predicted molar refractivity (Wildman–Crippen MR) is 49.6 cm³/mol. The standard InChI is InChI=1S/C9H5BrNO/c10-7-2-1-6-3-4-11-9(12)8(6)5-7/h1-5H. The number of hydrogen-bond donors (Lipinski definition) is 0. The summed E-state index contributed by atoms with van der Waals surface area (Å²) in [5, 5.41) is 12.8. The van der Waals surface area contributed by atoms with E-state index in [2.05, 4.69) is 20.9 Å². The van der Waals surface area contributed by atoms with Crippen LogP contribution in [0, 0.1) is 0 Å². The van der Waals surface area contributed by atoms with Crippen LogP contribution in [-0.4, -0.2) is 4.98 Å². The third-order valence-electron chi connectivity index (χ3n) is 1.69. The Bertz CT molecular complexity index is 428. The lowest BCUT2D eigenvalue weighted by Crippen LogP contribution is -1.76. The van der Waals surface area contributed by atoms with Gasteiger partial charge in [0.1, 0.15) is 0 Å². The molecule has 2 nitrogen and oxygen atoms in total. The normalized spacial score (nSPS) is 10.4. The van der Waals surface area contributed by atoms with Gasteiger partial charge in [0.25, 0.3) is 5.88 Å². The lowest BCUT2D eigenvalue weighted by molar-refractivity contribution is 0.343. The third kappa shape index (κ3) is 1.16. The van der Waals surface area contributed by atoms with Crippen molar-refractivity contribution in [3.63, 3.8) is 0 Å². The number of rotatable bonds is 0. The Labute approximate surface area is 78.0 Å². The fourth-order valence-corrected chi connectivity index (χ4v) is 1.47. The van der Waals surface area contributed by atoms with E-state index >= 15 is 0 Å². The summed E-state index contributed by atoms with van der Waals surface area (Å²) < 4.78 is 0.903. The number of benzene rings is 1. The Hall–Kier alpha value is -1.09. The third-order valence-corrected chi connectivity index (χ3v) is 2.18. The highest BCUT2D eigenvalue weighted by atomic mass is 79.9. The Balaban J connectivity index is 2.88. The minimum atomic E-state index is -0.172. The van der Waals surface area contributed by atoms with Crippen molar-refractivity contribution in [2.75, 3.05) is 0 Å². The molecule has 0 saturated heterocycles. The van der Waals surface area contributed by atoms with E-state index in [4.69, 9.17) is 0 Å². The molecule has 0 amide bonds. The second-order valence-corrected chi connectivity index (χ2v) is 3.40. The molecule has 0 atom stereocenters. The van der Waals surface area contributed by atoms with Gasteiger partial charge in [-0.1, -0.05) is 22.0 Å². The molecule has 1 heterocycles. The molecule has 0 unspecified atom stereocenters. The van der Waals surface area contributed by atoms with Crippen LogP contribution in [0.25, 0.3) is 10.8 Å². The average Bonchev–Trinajstić information content (AvgIpc) is 2.07. The molecule has 1 aromatic heterocycles. The SMILES string of the molecule is [O]c1nccc2ccc(Br)cc12. The highest BCUT2D eigenvalue weighted by Crippen LogP contribution is 2.25. The first-order chi connectivity index (χ1) is 5.77. The second-order valence-electron chi connectivity index (χ2n) is 2.48. The van der Waals surface area contributed by atoms with Crippen LogP contribution in [0.4, 0.5) is 0 Å². The highest BCUT2D eigenvalue weighted by molar-refractivity contribution is 9.10. The van der Waals surface area contributed by atoms with Gasteiger partial charge >= 0.3 is 0 Å². The Morgan fingerprint density at radius 2 is 2.08 bits per heavy atom. The van der Waals surface area contributed by atoms with Crippen LogP contribution in [0.1, 0.15) is 0 Å². The van der Waals surface area contributed by atoms with Crippen LogP contribution in [0.3, 0.4) is 0 Å². The molecular formula is C9H5BrNO. The molecule has 0 N–H and O–H groups in total. The van der Waals surface area contributed by atoms with Crippen LogP contribution in [0.15, 0.2) is 34.9 Å². The van der Waals surface area contributed by atoms with Gasteiger partial charge < -0.3 is 0 Å². The molecule has 2 rings (SSSR count). The van der Waals surface area contributed by atoms with Crippen molar-refractivity contribution in [2.24, 2.45) is 0 Å². The molecule has 3 heteroatoms. The molecule has 0 aliphatic heterocycles. The summed E-state index contributed by atoms with van der Waals surface area (Å²) in [5.74, 6) is -0.172. The summed E-state index contributed by atoms with van der Waals surface area (Å²) >= 11 is 3.30. The van der Waals surface area contributed by atoms with Gasteiger partial charge in [0, 0.05) is 10.7 Å². The lowest BCUT2D eigenvalue weighted by Gasteiger charge is -1.97. The Kier molecular flexibility index (Phi) is 1.73. The van der Waals surface area contributed by atoms with Gasteiger partial charge in [0.2, 0.25) is 0 Å². The Morgan fingerprint density at radius 1 is 1.25 bits per heavy atom. The van der Waals surface area contributed by atoms with Crippen LogP contribution >= 0.6 is 15.9 Å². The van der Waals surface area contributed by atoms with Crippen molar-refractivity contribution in [1.29, 1.82) is 0 Å².